The monoisotopic (exact) mass is 269 g/mol. The molecule has 1 saturated heterocycles. The molecule has 2 rings (SSSR count). The van der Waals surface area contributed by atoms with Gasteiger partial charge in [0.2, 0.25) is 0 Å². The van der Waals surface area contributed by atoms with E-state index in [0.29, 0.717) is 5.92 Å². The Morgan fingerprint density at radius 3 is 2.56 bits per heavy atom. The average molecular weight is 269 g/mol. The Morgan fingerprint density at radius 1 is 1.44 bits per heavy atom. The summed E-state index contributed by atoms with van der Waals surface area (Å²) in [4.78, 5) is 0. The fourth-order valence-corrected chi connectivity index (χ4v) is 4.66. The van der Waals surface area contributed by atoms with Gasteiger partial charge in [-0.2, -0.15) is 0 Å². The first kappa shape index (κ1) is 13.6. The van der Waals surface area contributed by atoms with E-state index in [4.69, 9.17) is 0 Å². The second-order valence-electron chi connectivity index (χ2n) is 6.44. The fraction of sp³-hybridized carbons (Fsp3) is 0.769. The summed E-state index contributed by atoms with van der Waals surface area (Å²) in [6.07, 6.45) is 1.87. The zero-order chi connectivity index (χ0) is 13.6. The number of nitrogens with zero attached hydrogens (tertiary/aromatic N) is 3. The SMILES string of the molecule is C=S1(=O)CCC(Cc2nnc(C(C)(C)C)n2C)C1. The Balaban J connectivity index is 2.15. The summed E-state index contributed by atoms with van der Waals surface area (Å²) in [5, 5.41) is 8.58. The van der Waals surface area contributed by atoms with Gasteiger partial charge >= 0.3 is 0 Å². The average Bonchev–Trinajstić information content (AvgIpc) is 2.71. The first-order valence-corrected chi connectivity index (χ1v) is 8.47. The summed E-state index contributed by atoms with van der Waals surface area (Å²) < 4.78 is 14.0. The molecular weight excluding hydrogens is 246 g/mol. The van der Waals surface area contributed by atoms with Crippen molar-refractivity contribution in [2.45, 2.75) is 39.0 Å². The molecular formula is C13H23N3OS. The highest BCUT2D eigenvalue weighted by Crippen LogP contribution is 2.24. The van der Waals surface area contributed by atoms with Crippen LogP contribution >= 0.6 is 0 Å². The van der Waals surface area contributed by atoms with Crippen molar-refractivity contribution < 1.29 is 4.21 Å². The van der Waals surface area contributed by atoms with E-state index in [1.807, 2.05) is 7.05 Å². The summed E-state index contributed by atoms with van der Waals surface area (Å²) in [6.45, 7) is 6.41. The van der Waals surface area contributed by atoms with Gasteiger partial charge in [-0.05, 0) is 27.7 Å². The molecule has 0 spiro atoms. The molecule has 18 heavy (non-hydrogen) atoms. The van der Waals surface area contributed by atoms with Crippen molar-refractivity contribution in [2.24, 2.45) is 13.0 Å². The maximum Gasteiger partial charge on any atom is 0.138 e. The molecule has 0 saturated carbocycles. The van der Waals surface area contributed by atoms with Crippen LogP contribution in [-0.2, 0) is 28.4 Å². The van der Waals surface area contributed by atoms with E-state index in [-0.39, 0.29) is 5.41 Å². The zero-order valence-electron chi connectivity index (χ0n) is 11.8. The third-order valence-corrected chi connectivity index (χ3v) is 5.60. The molecule has 102 valence electrons. The van der Waals surface area contributed by atoms with Crippen LogP contribution in [0, 0.1) is 5.92 Å². The maximum atomic E-state index is 11.9. The standard InChI is InChI=1S/C13H23N3OS/c1-13(2,3)12-15-14-11(16(12)4)8-10-6-7-18(5,17)9-10/h10H,5-9H2,1-4H3. The molecule has 1 aromatic heterocycles. The lowest BCUT2D eigenvalue weighted by atomic mass is 9.95. The first-order chi connectivity index (χ1) is 8.19. The number of aromatic nitrogens is 3. The van der Waals surface area contributed by atoms with Crippen molar-refractivity contribution in [3.63, 3.8) is 0 Å². The molecule has 1 aliphatic heterocycles. The predicted octanol–water partition coefficient (Wildman–Crippen LogP) is 1.39. The maximum absolute atomic E-state index is 11.9. The lowest BCUT2D eigenvalue weighted by Gasteiger charge is -2.17. The predicted molar refractivity (Wildman–Crippen MR) is 76.5 cm³/mol. The van der Waals surface area contributed by atoms with Crippen LogP contribution in [0.4, 0.5) is 0 Å². The minimum absolute atomic E-state index is 0.00945. The van der Waals surface area contributed by atoms with Gasteiger partial charge in [0.1, 0.15) is 11.6 Å². The minimum atomic E-state index is -1.81. The van der Waals surface area contributed by atoms with Gasteiger partial charge in [-0.25, -0.2) is 0 Å². The lowest BCUT2D eigenvalue weighted by Crippen LogP contribution is -2.19. The highest BCUT2D eigenvalue weighted by Gasteiger charge is 2.27. The van der Waals surface area contributed by atoms with Gasteiger partial charge < -0.3 is 4.57 Å². The van der Waals surface area contributed by atoms with Crippen molar-refractivity contribution in [3.05, 3.63) is 11.6 Å². The van der Waals surface area contributed by atoms with Crippen LogP contribution in [0.2, 0.25) is 0 Å². The van der Waals surface area contributed by atoms with E-state index in [1.165, 1.54) is 0 Å². The molecule has 5 heteroatoms. The summed E-state index contributed by atoms with van der Waals surface area (Å²) in [5.74, 6) is 7.78. The molecule has 1 aromatic rings. The van der Waals surface area contributed by atoms with Crippen LogP contribution in [0.3, 0.4) is 0 Å². The van der Waals surface area contributed by atoms with Crippen LogP contribution in [0.1, 0.15) is 38.8 Å². The van der Waals surface area contributed by atoms with Crippen LogP contribution in [0.5, 0.6) is 0 Å². The highest BCUT2D eigenvalue weighted by atomic mass is 32.2. The number of hydrogen-bond acceptors (Lipinski definition) is 3. The van der Waals surface area contributed by atoms with Crippen molar-refractivity contribution in [3.8, 4) is 0 Å². The Morgan fingerprint density at radius 2 is 2.11 bits per heavy atom. The lowest BCUT2D eigenvalue weighted by molar-refractivity contribution is 0.507. The van der Waals surface area contributed by atoms with Crippen molar-refractivity contribution in [1.82, 2.24) is 14.8 Å². The third kappa shape index (κ3) is 2.76. The second kappa shape index (κ2) is 4.37. The van der Waals surface area contributed by atoms with Gasteiger partial charge in [0.25, 0.3) is 0 Å². The number of rotatable bonds is 2. The quantitative estimate of drug-likeness (QED) is 0.762. The molecule has 2 atom stereocenters. The van der Waals surface area contributed by atoms with E-state index in [9.17, 15) is 4.21 Å². The van der Waals surface area contributed by atoms with Gasteiger partial charge in [-0.3, -0.25) is 4.21 Å². The van der Waals surface area contributed by atoms with E-state index in [1.54, 1.807) is 0 Å². The molecule has 0 aliphatic carbocycles. The molecule has 1 aliphatic rings. The topological polar surface area (TPSA) is 47.8 Å². The summed E-state index contributed by atoms with van der Waals surface area (Å²) in [5.41, 5.74) is 0.00945. The van der Waals surface area contributed by atoms with Crippen LogP contribution in [0.25, 0.3) is 0 Å². The second-order valence-corrected chi connectivity index (χ2v) is 9.12. The Labute approximate surface area is 110 Å². The molecule has 0 aromatic carbocycles. The molecule has 4 nitrogen and oxygen atoms in total. The molecule has 2 heterocycles. The van der Waals surface area contributed by atoms with Crippen molar-refractivity contribution in [1.29, 1.82) is 0 Å². The Hall–Kier alpha value is -0.840. The number of hydrogen-bond donors (Lipinski definition) is 0. The van der Waals surface area contributed by atoms with Crippen molar-refractivity contribution >= 4 is 15.4 Å². The summed E-state index contributed by atoms with van der Waals surface area (Å²) >= 11 is 0. The zero-order valence-corrected chi connectivity index (χ0v) is 12.6. The molecule has 0 bridgehead atoms. The van der Waals surface area contributed by atoms with Gasteiger partial charge in [0.15, 0.2) is 0 Å². The smallest absolute Gasteiger partial charge is 0.138 e. The van der Waals surface area contributed by atoms with Crippen molar-refractivity contribution in [2.75, 3.05) is 11.5 Å². The first-order valence-electron chi connectivity index (χ1n) is 6.40. The fourth-order valence-electron chi connectivity index (χ4n) is 2.59. The van der Waals surface area contributed by atoms with Crippen LogP contribution in [-0.4, -0.2) is 36.3 Å². The van der Waals surface area contributed by atoms with E-state index in [0.717, 1.165) is 36.0 Å². The van der Waals surface area contributed by atoms with Crippen LogP contribution in [0.15, 0.2) is 0 Å². The molecule has 1 fully saturated rings. The normalized spacial score (nSPS) is 28.8. The molecule has 0 amide bonds. The van der Waals surface area contributed by atoms with E-state index < -0.39 is 9.52 Å². The molecule has 0 radical (unpaired) electrons. The molecule has 2 unspecified atom stereocenters. The van der Waals surface area contributed by atoms with E-state index in [2.05, 4.69) is 41.4 Å². The highest BCUT2D eigenvalue weighted by molar-refractivity contribution is 8.00. The summed E-state index contributed by atoms with van der Waals surface area (Å²) in [7, 11) is 0.213. The minimum Gasteiger partial charge on any atom is -0.318 e. The van der Waals surface area contributed by atoms with Crippen LogP contribution < -0.4 is 0 Å². The largest absolute Gasteiger partial charge is 0.318 e. The Bertz CT molecular complexity index is 537. The third-order valence-electron chi connectivity index (χ3n) is 3.54. The van der Waals surface area contributed by atoms with Gasteiger partial charge in [-0.15, -0.1) is 10.2 Å². The van der Waals surface area contributed by atoms with Gasteiger partial charge in [-0.1, -0.05) is 20.8 Å². The molecule has 0 N–H and O–H groups in total. The van der Waals surface area contributed by atoms with Gasteiger partial charge in [0, 0.05) is 30.4 Å². The van der Waals surface area contributed by atoms with E-state index >= 15 is 0 Å². The van der Waals surface area contributed by atoms with Gasteiger partial charge in [0.05, 0.1) is 0 Å². The summed E-state index contributed by atoms with van der Waals surface area (Å²) in [6, 6.07) is 0. The Kier molecular flexibility index (Phi) is 3.30.